The number of halogens is 1. The van der Waals surface area contributed by atoms with Gasteiger partial charge in [0.2, 0.25) is 0 Å². The molecule has 2 nitrogen and oxygen atoms in total. The SMILES string of the molecule is CCCNC(CN(C)Cc1ccccc1F)C(C)C. The van der Waals surface area contributed by atoms with E-state index in [0.29, 0.717) is 18.5 Å². The van der Waals surface area contributed by atoms with Gasteiger partial charge in [0.1, 0.15) is 5.82 Å². The van der Waals surface area contributed by atoms with E-state index in [1.54, 1.807) is 6.07 Å². The quantitative estimate of drug-likeness (QED) is 0.777. The Morgan fingerprint density at radius 2 is 1.95 bits per heavy atom. The normalized spacial score (nSPS) is 13.2. The number of hydrogen-bond acceptors (Lipinski definition) is 2. The van der Waals surface area contributed by atoms with E-state index in [1.165, 1.54) is 6.07 Å². The van der Waals surface area contributed by atoms with Gasteiger partial charge in [-0.1, -0.05) is 39.0 Å². The molecule has 1 rings (SSSR count). The molecule has 0 aliphatic carbocycles. The Kier molecular flexibility index (Phi) is 7.03. The highest BCUT2D eigenvalue weighted by atomic mass is 19.1. The summed E-state index contributed by atoms with van der Waals surface area (Å²) in [5.41, 5.74) is 0.767. The van der Waals surface area contributed by atoms with Crippen LogP contribution in [0.15, 0.2) is 24.3 Å². The molecule has 0 heterocycles. The summed E-state index contributed by atoms with van der Waals surface area (Å²) in [6.45, 7) is 9.26. The summed E-state index contributed by atoms with van der Waals surface area (Å²) < 4.78 is 13.6. The van der Waals surface area contributed by atoms with Crippen molar-refractivity contribution in [3.8, 4) is 0 Å². The number of hydrogen-bond donors (Lipinski definition) is 1. The first-order chi connectivity index (χ1) is 9.04. The van der Waals surface area contributed by atoms with Gasteiger partial charge in [-0.05, 0) is 32.0 Å². The summed E-state index contributed by atoms with van der Waals surface area (Å²) in [5.74, 6) is 0.464. The molecule has 1 aromatic rings. The first-order valence-electron chi connectivity index (χ1n) is 7.20. The zero-order chi connectivity index (χ0) is 14.3. The number of rotatable bonds is 8. The number of nitrogens with one attached hydrogen (secondary N) is 1. The molecular weight excluding hydrogens is 239 g/mol. The lowest BCUT2D eigenvalue weighted by atomic mass is 10.0. The lowest BCUT2D eigenvalue weighted by molar-refractivity contribution is 0.246. The molecule has 108 valence electrons. The summed E-state index contributed by atoms with van der Waals surface area (Å²) in [7, 11) is 2.05. The molecule has 1 atom stereocenters. The van der Waals surface area contributed by atoms with Gasteiger partial charge >= 0.3 is 0 Å². The average Bonchev–Trinajstić information content (AvgIpc) is 2.37. The molecule has 0 saturated carbocycles. The number of nitrogens with zero attached hydrogens (tertiary/aromatic N) is 1. The molecule has 1 N–H and O–H groups in total. The third kappa shape index (κ3) is 5.70. The molecule has 0 fully saturated rings. The van der Waals surface area contributed by atoms with E-state index in [1.807, 2.05) is 12.1 Å². The molecule has 0 spiro atoms. The second-order valence-electron chi connectivity index (χ2n) is 5.59. The summed E-state index contributed by atoms with van der Waals surface area (Å²) in [6, 6.07) is 7.46. The smallest absolute Gasteiger partial charge is 0.127 e. The second-order valence-corrected chi connectivity index (χ2v) is 5.59. The molecule has 0 radical (unpaired) electrons. The van der Waals surface area contributed by atoms with Gasteiger partial charge in [0.25, 0.3) is 0 Å². The van der Waals surface area contributed by atoms with E-state index in [9.17, 15) is 4.39 Å². The molecule has 1 aromatic carbocycles. The van der Waals surface area contributed by atoms with Crippen LogP contribution >= 0.6 is 0 Å². The fraction of sp³-hybridized carbons (Fsp3) is 0.625. The molecular formula is C16H27FN2. The van der Waals surface area contributed by atoms with Crippen molar-refractivity contribution in [2.24, 2.45) is 5.92 Å². The van der Waals surface area contributed by atoms with Gasteiger partial charge in [0.15, 0.2) is 0 Å². The minimum Gasteiger partial charge on any atom is -0.312 e. The zero-order valence-electron chi connectivity index (χ0n) is 12.6. The van der Waals surface area contributed by atoms with Crippen molar-refractivity contribution in [1.29, 1.82) is 0 Å². The van der Waals surface area contributed by atoms with Crippen molar-refractivity contribution >= 4 is 0 Å². The lowest BCUT2D eigenvalue weighted by Gasteiger charge is -2.28. The van der Waals surface area contributed by atoms with E-state index in [0.717, 1.165) is 25.1 Å². The Morgan fingerprint density at radius 3 is 2.53 bits per heavy atom. The van der Waals surface area contributed by atoms with E-state index in [2.05, 4.69) is 38.0 Å². The molecule has 0 aromatic heterocycles. The lowest BCUT2D eigenvalue weighted by Crippen LogP contribution is -2.43. The van der Waals surface area contributed by atoms with Crippen molar-refractivity contribution < 1.29 is 4.39 Å². The van der Waals surface area contributed by atoms with Gasteiger partial charge in [0, 0.05) is 24.7 Å². The average molecular weight is 266 g/mol. The third-order valence-corrected chi connectivity index (χ3v) is 3.37. The molecule has 0 aliphatic rings. The first-order valence-corrected chi connectivity index (χ1v) is 7.20. The molecule has 3 heteroatoms. The van der Waals surface area contributed by atoms with Crippen LogP contribution in [0.3, 0.4) is 0 Å². The van der Waals surface area contributed by atoms with E-state index in [-0.39, 0.29) is 5.82 Å². The Labute approximate surface area is 117 Å². The minimum atomic E-state index is -0.114. The standard InChI is InChI=1S/C16H27FN2/c1-5-10-18-16(13(2)3)12-19(4)11-14-8-6-7-9-15(14)17/h6-9,13,16,18H,5,10-12H2,1-4H3. The fourth-order valence-electron chi connectivity index (χ4n) is 2.16. The third-order valence-electron chi connectivity index (χ3n) is 3.37. The summed E-state index contributed by atoms with van der Waals surface area (Å²) >= 11 is 0. The Bertz CT molecular complexity index is 366. The van der Waals surface area contributed by atoms with Crippen LogP contribution in [-0.4, -0.2) is 31.1 Å². The van der Waals surface area contributed by atoms with Crippen LogP contribution < -0.4 is 5.32 Å². The highest BCUT2D eigenvalue weighted by Crippen LogP contribution is 2.11. The Balaban J connectivity index is 2.52. The van der Waals surface area contributed by atoms with Gasteiger partial charge in [-0.3, -0.25) is 0 Å². The van der Waals surface area contributed by atoms with Crippen LogP contribution in [-0.2, 0) is 6.54 Å². The maximum absolute atomic E-state index is 13.6. The van der Waals surface area contributed by atoms with E-state index < -0.39 is 0 Å². The predicted molar refractivity (Wildman–Crippen MR) is 79.7 cm³/mol. The summed E-state index contributed by atoms with van der Waals surface area (Å²) in [6.07, 6.45) is 1.14. The predicted octanol–water partition coefficient (Wildman–Crippen LogP) is 3.28. The molecule has 19 heavy (non-hydrogen) atoms. The van der Waals surface area contributed by atoms with Crippen LogP contribution in [0.2, 0.25) is 0 Å². The van der Waals surface area contributed by atoms with Crippen molar-refractivity contribution in [2.75, 3.05) is 20.1 Å². The molecule has 0 bridgehead atoms. The maximum atomic E-state index is 13.6. The van der Waals surface area contributed by atoms with Crippen molar-refractivity contribution in [1.82, 2.24) is 10.2 Å². The van der Waals surface area contributed by atoms with Crippen LogP contribution in [0.25, 0.3) is 0 Å². The number of benzene rings is 1. The monoisotopic (exact) mass is 266 g/mol. The minimum absolute atomic E-state index is 0.114. The number of likely N-dealkylation sites (N-methyl/N-ethyl adjacent to an activating group) is 1. The van der Waals surface area contributed by atoms with Gasteiger partial charge in [-0.15, -0.1) is 0 Å². The van der Waals surface area contributed by atoms with Gasteiger partial charge in [-0.2, -0.15) is 0 Å². The van der Waals surface area contributed by atoms with Crippen LogP contribution in [0, 0.1) is 11.7 Å². The van der Waals surface area contributed by atoms with Crippen LogP contribution in [0.5, 0.6) is 0 Å². The fourth-order valence-corrected chi connectivity index (χ4v) is 2.16. The summed E-state index contributed by atoms with van der Waals surface area (Å²) in [5, 5.41) is 3.56. The zero-order valence-corrected chi connectivity index (χ0v) is 12.6. The van der Waals surface area contributed by atoms with E-state index >= 15 is 0 Å². The van der Waals surface area contributed by atoms with Gasteiger partial charge < -0.3 is 10.2 Å². The molecule has 0 saturated heterocycles. The topological polar surface area (TPSA) is 15.3 Å². The Morgan fingerprint density at radius 1 is 1.26 bits per heavy atom. The van der Waals surface area contributed by atoms with E-state index in [4.69, 9.17) is 0 Å². The highest BCUT2D eigenvalue weighted by Gasteiger charge is 2.15. The van der Waals surface area contributed by atoms with Crippen molar-refractivity contribution in [2.45, 2.75) is 39.8 Å². The van der Waals surface area contributed by atoms with Crippen LogP contribution in [0.1, 0.15) is 32.8 Å². The first kappa shape index (κ1) is 16.1. The van der Waals surface area contributed by atoms with Crippen molar-refractivity contribution in [3.05, 3.63) is 35.6 Å². The van der Waals surface area contributed by atoms with Crippen molar-refractivity contribution in [3.63, 3.8) is 0 Å². The van der Waals surface area contributed by atoms with Crippen LogP contribution in [0.4, 0.5) is 4.39 Å². The maximum Gasteiger partial charge on any atom is 0.127 e. The molecule has 1 unspecified atom stereocenters. The Hall–Kier alpha value is -0.930. The molecule has 0 aliphatic heterocycles. The van der Waals surface area contributed by atoms with Gasteiger partial charge in [-0.25, -0.2) is 4.39 Å². The molecule has 0 amide bonds. The second kappa shape index (κ2) is 8.28. The highest BCUT2D eigenvalue weighted by molar-refractivity contribution is 5.17. The van der Waals surface area contributed by atoms with Gasteiger partial charge in [0.05, 0.1) is 0 Å². The largest absolute Gasteiger partial charge is 0.312 e. The summed E-state index contributed by atoms with van der Waals surface area (Å²) in [4.78, 5) is 2.19.